The predicted octanol–water partition coefficient (Wildman–Crippen LogP) is 4.68. The number of hydrogen-bond donors (Lipinski definition) is 1. The Bertz CT molecular complexity index is 564. The van der Waals surface area contributed by atoms with E-state index in [0.717, 1.165) is 11.3 Å². The molecule has 0 aliphatic heterocycles. The summed E-state index contributed by atoms with van der Waals surface area (Å²) in [5, 5.41) is 3.04. The Kier molecular flexibility index (Phi) is 4.17. The molecule has 0 saturated carbocycles. The summed E-state index contributed by atoms with van der Waals surface area (Å²) in [5.41, 5.74) is 2.40. The topological polar surface area (TPSA) is 21.3 Å². The molecule has 0 fully saturated rings. The predicted molar refractivity (Wildman–Crippen MR) is 72.5 cm³/mol. The third-order valence-corrected chi connectivity index (χ3v) is 2.61. The molecule has 2 nitrogen and oxygen atoms in total. The van der Waals surface area contributed by atoms with Crippen LogP contribution in [0.15, 0.2) is 48.5 Å². The number of aryl methyl sites for hydroxylation is 1. The van der Waals surface area contributed by atoms with Crippen molar-refractivity contribution in [2.75, 3.05) is 11.9 Å². The summed E-state index contributed by atoms with van der Waals surface area (Å²) in [6.45, 7) is 0.657. The van der Waals surface area contributed by atoms with Gasteiger partial charge >= 0.3 is 6.18 Å². The van der Waals surface area contributed by atoms with Gasteiger partial charge in [-0.05, 0) is 31.2 Å². The first-order valence-corrected chi connectivity index (χ1v) is 6.06. The molecule has 2 rings (SSSR count). The van der Waals surface area contributed by atoms with Crippen LogP contribution in [0, 0.1) is 6.92 Å². The fraction of sp³-hybridized carbons (Fsp3) is 0.200. The minimum absolute atomic E-state index is 0.172. The molecule has 5 heteroatoms. The Hall–Kier alpha value is -2.17. The Morgan fingerprint density at radius 2 is 1.65 bits per heavy atom. The third kappa shape index (κ3) is 4.19. The van der Waals surface area contributed by atoms with Crippen LogP contribution in [0.2, 0.25) is 0 Å². The lowest BCUT2D eigenvalue weighted by Crippen LogP contribution is -2.19. The second-order valence-electron chi connectivity index (χ2n) is 4.39. The van der Waals surface area contributed by atoms with Gasteiger partial charge in [0.25, 0.3) is 0 Å². The fourth-order valence-corrected chi connectivity index (χ4v) is 1.65. The normalized spacial score (nSPS) is 11.2. The summed E-state index contributed by atoms with van der Waals surface area (Å²) in [6, 6.07) is 14.1. The first-order valence-electron chi connectivity index (χ1n) is 6.06. The van der Waals surface area contributed by atoms with E-state index in [1.54, 1.807) is 18.2 Å². The van der Waals surface area contributed by atoms with Gasteiger partial charge in [-0.25, -0.2) is 0 Å². The van der Waals surface area contributed by atoms with Crippen molar-refractivity contribution in [2.45, 2.75) is 13.1 Å². The van der Waals surface area contributed by atoms with E-state index >= 15 is 0 Å². The zero-order chi connectivity index (χ0) is 14.6. The number of alkyl halides is 3. The zero-order valence-electron chi connectivity index (χ0n) is 10.9. The van der Waals surface area contributed by atoms with E-state index < -0.39 is 12.8 Å². The molecule has 106 valence electrons. The highest BCUT2D eigenvalue weighted by Crippen LogP contribution is 2.29. The second kappa shape index (κ2) is 5.86. The molecule has 0 heterocycles. The Morgan fingerprint density at radius 3 is 2.30 bits per heavy atom. The maximum atomic E-state index is 12.2. The second-order valence-corrected chi connectivity index (χ2v) is 4.39. The van der Waals surface area contributed by atoms with Crippen molar-refractivity contribution in [3.8, 4) is 5.75 Å². The van der Waals surface area contributed by atoms with Crippen LogP contribution in [0.25, 0.3) is 0 Å². The van der Waals surface area contributed by atoms with Crippen LogP contribution in [0.4, 0.5) is 24.5 Å². The number of halogens is 3. The van der Waals surface area contributed by atoms with Gasteiger partial charge in [-0.15, -0.1) is 0 Å². The minimum atomic E-state index is -4.35. The molecule has 2 aromatic rings. The van der Waals surface area contributed by atoms with Crippen molar-refractivity contribution in [1.82, 2.24) is 0 Å². The van der Waals surface area contributed by atoms with E-state index in [1.165, 1.54) is 6.07 Å². The van der Waals surface area contributed by atoms with E-state index in [1.807, 2.05) is 31.2 Å². The first-order chi connectivity index (χ1) is 9.44. The smallest absolute Gasteiger partial charge is 0.422 e. The molecule has 0 atom stereocenters. The first kappa shape index (κ1) is 14.2. The number of hydrogen-bond acceptors (Lipinski definition) is 2. The maximum Gasteiger partial charge on any atom is 0.422 e. The third-order valence-electron chi connectivity index (χ3n) is 2.61. The van der Waals surface area contributed by atoms with Crippen molar-refractivity contribution in [3.63, 3.8) is 0 Å². The van der Waals surface area contributed by atoms with Crippen molar-refractivity contribution in [3.05, 3.63) is 54.1 Å². The van der Waals surface area contributed by atoms with Gasteiger partial charge in [-0.1, -0.05) is 29.8 Å². The fourth-order valence-electron chi connectivity index (χ4n) is 1.65. The van der Waals surface area contributed by atoms with Gasteiger partial charge in [-0.2, -0.15) is 13.2 Å². The zero-order valence-corrected chi connectivity index (χ0v) is 10.9. The molecule has 2 aromatic carbocycles. The summed E-state index contributed by atoms with van der Waals surface area (Å²) in [4.78, 5) is 0. The standard InChI is InChI=1S/C15H14F3NO/c1-11-6-8-12(9-7-11)19-13-4-2-3-5-14(13)20-10-15(16,17)18/h2-9,19H,10H2,1H3. The number of benzene rings is 2. The average molecular weight is 281 g/mol. The number of rotatable bonds is 4. The van der Waals surface area contributed by atoms with Crippen molar-refractivity contribution in [2.24, 2.45) is 0 Å². The molecule has 0 aliphatic rings. The van der Waals surface area contributed by atoms with Crippen LogP contribution in [0.3, 0.4) is 0 Å². The molecule has 0 saturated heterocycles. The van der Waals surface area contributed by atoms with Gasteiger partial charge in [0, 0.05) is 5.69 Å². The molecule has 0 spiro atoms. The van der Waals surface area contributed by atoms with Crippen LogP contribution >= 0.6 is 0 Å². The highest BCUT2D eigenvalue weighted by Gasteiger charge is 2.28. The van der Waals surface area contributed by atoms with Crippen molar-refractivity contribution >= 4 is 11.4 Å². The largest absolute Gasteiger partial charge is 0.482 e. The monoisotopic (exact) mass is 281 g/mol. The molecule has 0 radical (unpaired) electrons. The number of nitrogens with one attached hydrogen (secondary N) is 1. The van der Waals surface area contributed by atoms with Gasteiger partial charge in [0.15, 0.2) is 6.61 Å². The molecule has 0 amide bonds. The lowest BCUT2D eigenvalue weighted by Gasteiger charge is -2.14. The molecule has 0 unspecified atom stereocenters. The highest BCUT2D eigenvalue weighted by molar-refractivity contribution is 5.66. The van der Waals surface area contributed by atoms with Crippen LogP contribution in [0.5, 0.6) is 5.75 Å². The Balaban J connectivity index is 2.13. The quantitative estimate of drug-likeness (QED) is 0.878. The number of ether oxygens (including phenoxy) is 1. The van der Waals surface area contributed by atoms with Gasteiger partial charge in [-0.3, -0.25) is 0 Å². The van der Waals surface area contributed by atoms with Crippen LogP contribution in [-0.2, 0) is 0 Å². The van der Waals surface area contributed by atoms with E-state index in [9.17, 15) is 13.2 Å². The van der Waals surface area contributed by atoms with Crippen molar-refractivity contribution < 1.29 is 17.9 Å². The Morgan fingerprint density at radius 1 is 1.00 bits per heavy atom. The van der Waals surface area contributed by atoms with Crippen LogP contribution in [-0.4, -0.2) is 12.8 Å². The van der Waals surface area contributed by atoms with Gasteiger partial charge in [0.2, 0.25) is 0 Å². The molecular formula is C15H14F3NO. The van der Waals surface area contributed by atoms with E-state index in [0.29, 0.717) is 5.69 Å². The van der Waals surface area contributed by atoms with Gasteiger partial charge < -0.3 is 10.1 Å². The SMILES string of the molecule is Cc1ccc(Nc2ccccc2OCC(F)(F)F)cc1. The summed E-state index contributed by atoms with van der Waals surface area (Å²) in [7, 11) is 0. The molecular weight excluding hydrogens is 267 g/mol. The number of para-hydroxylation sites is 2. The summed E-state index contributed by atoms with van der Waals surface area (Å²) >= 11 is 0. The average Bonchev–Trinajstić information content (AvgIpc) is 2.39. The Labute approximate surface area is 115 Å². The molecule has 0 aliphatic carbocycles. The molecule has 0 bridgehead atoms. The maximum absolute atomic E-state index is 12.2. The van der Waals surface area contributed by atoms with E-state index in [-0.39, 0.29) is 5.75 Å². The summed E-state index contributed by atoms with van der Waals surface area (Å²) in [6.07, 6.45) is -4.35. The highest BCUT2D eigenvalue weighted by atomic mass is 19.4. The van der Waals surface area contributed by atoms with E-state index in [2.05, 4.69) is 5.32 Å². The van der Waals surface area contributed by atoms with Crippen LogP contribution in [0.1, 0.15) is 5.56 Å². The molecule has 20 heavy (non-hydrogen) atoms. The van der Waals surface area contributed by atoms with Crippen LogP contribution < -0.4 is 10.1 Å². The minimum Gasteiger partial charge on any atom is -0.482 e. The molecule has 0 aromatic heterocycles. The lowest BCUT2D eigenvalue weighted by molar-refractivity contribution is -0.153. The lowest BCUT2D eigenvalue weighted by atomic mass is 10.2. The van der Waals surface area contributed by atoms with Gasteiger partial charge in [0.1, 0.15) is 5.75 Å². The summed E-state index contributed by atoms with van der Waals surface area (Å²) < 4.78 is 41.4. The summed E-state index contributed by atoms with van der Waals surface area (Å²) in [5.74, 6) is 0.172. The number of anilines is 2. The molecule has 1 N–H and O–H groups in total. The van der Waals surface area contributed by atoms with E-state index in [4.69, 9.17) is 4.74 Å². The van der Waals surface area contributed by atoms with Gasteiger partial charge in [0.05, 0.1) is 5.69 Å². The van der Waals surface area contributed by atoms with Crippen molar-refractivity contribution in [1.29, 1.82) is 0 Å².